The van der Waals surface area contributed by atoms with Gasteiger partial charge in [-0.2, -0.15) is 0 Å². The normalized spacial score (nSPS) is 13.6. The second kappa shape index (κ2) is 9.28. The third kappa shape index (κ3) is 5.00. The second-order valence-corrected chi connectivity index (χ2v) is 9.20. The Morgan fingerprint density at radius 2 is 1.66 bits per heavy atom. The number of hydrogen-bond donors (Lipinski definition) is 1. The number of methoxy groups -OCH3 is 1. The minimum Gasteiger partial charge on any atom is -0.497 e. The Labute approximate surface area is 188 Å². The molecule has 1 aliphatic rings. The van der Waals surface area contributed by atoms with Gasteiger partial charge in [-0.05, 0) is 65.6 Å². The molecule has 0 radical (unpaired) electrons. The first kappa shape index (κ1) is 21.6. The van der Waals surface area contributed by atoms with Crippen molar-refractivity contribution in [2.75, 3.05) is 18.4 Å². The van der Waals surface area contributed by atoms with Gasteiger partial charge in [-0.15, -0.1) is 0 Å². The number of hydrogen-bond acceptors (Lipinski definition) is 4. The molecule has 3 aromatic rings. The molecular formula is C25H24N2O4S. The number of carbonyl (C=O) groups is 1. The molecule has 6 nitrogen and oxygen atoms in total. The fourth-order valence-electron chi connectivity index (χ4n) is 3.59. The van der Waals surface area contributed by atoms with Crippen molar-refractivity contribution in [3.63, 3.8) is 0 Å². The lowest BCUT2D eigenvalue weighted by Gasteiger charge is -2.27. The minimum absolute atomic E-state index is 0.0580. The largest absolute Gasteiger partial charge is 0.497 e. The van der Waals surface area contributed by atoms with Crippen LogP contribution in [0, 0.1) is 0 Å². The van der Waals surface area contributed by atoms with E-state index in [4.69, 9.17) is 4.74 Å². The Hall–Kier alpha value is -3.58. The number of fused-ring (bicyclic) bond motifs is 1. The Morgan fingerprint density at radius 1 is 0.969 bits per heavy atom. The van der Waals surface area contributed by atoms with E-state index in [2.05, 4.69) is 16.9 Å². The molecule has 7 heteroatoms. The third-order valence-corrected chi connectivity index (χ3v) is 6.79. The summed E-state index contributed by atoms with van der Waals surface area (Å²) in [5.74, 6) is 0.588. The maximum absolute atomic E-state index is 12.6. The molecule has 1 heterocycles. The quantitative estimate of drug-likeness (QED) is 0.576. The fourth-order valence-corrected chi connectivity index (χ4v) is 4.65. The maximum Gasteiger partial charge on any atom is 0.261 e. The summed E-state index contributed by atoms with van der Waals surface area (Å²) in [5, 5.41) is 0. The van der Waals surface area contributed by atoms with Gasteiger partial charge in [-0.25, -0.2) is 8.42 Å². The van der Waals surface area contributed by atoms with Crippen LogP contribution in [0.25, 0.3) is 6.08 Å². The van der Waals surface area contributed by atoms with E-state index < -0.39 is 10.0 Å². The average Bonchev–Trinajstić information content (AvgIpc) is 2.82. The molecule has 0 aromatic heterocycles. The predicted octanol–water partition coefficient (Wildman–Crippen LogP) is 4.09. The second-order valence-electron chi connectivity index (χ2n) is 7.51. The predicted molar refractivity (Wildman–Crippen MR) is 125 cm³/mol. The Morgan fingerprint density at radius 3 is 2.34 bits per heavy atom. The molecule has 0 bridgehead atoms. The third-order valence-electron chi connectivity index (χ3n) is 5.39. The summed E-state index contributed by atoms with van der Waals surface area (Å²) in [6, 6.07) is 21.2. The SMILES string of the molecule is COc1ccc(NS(=O)(=O)c2ccc(/C=C/C(=O)N3CCc4ccccc4C3)cc2)cc1. The van der Waals surface area contributed by atoms with Gasteiger partial charge in [0.25, 0.3) is 10.0 Å². The van der Waals surface area contributed by atoms with Gasteiger partial charge in [-0.1, -0.05) is 36.4 Å². The van der Waals surface area contributed by atoms with Gasteiger partial charge in [0.2, 0.25) is 5.91 Å². The van der Waals surface area contributed by atoms with Crippen LogP contribution in [-0.2, 0) is 27.8 Å². The summed E-state index contributed by atoms with van der Waals surface area (Å²) in [6.07, 6.45) is 4.09. The van der Waals surface area contributed by atoms with Gasteiger partial charge in [-0.3, -0.25) is 9.52 Å². The molecule has 3 aromatic carbocycles. The van der Waals surface area contributed by atoms with Gasteiger partial charge < -0.3 is 9.64 Å². The molecule has 1 N–H and O–H groups in total. The zero-order chi connectivity index (χ0) is 22.6. The van der Waals surface area contributed by atoms with Gasteiger partial charge in [0, 0.05) is 24.9 Å². The van der Waals surface area contributed by atoms with Gasteiger partial charge in [0.05, 0.1) is 12.0 Å². The van der Waals surface area contributed by atoms with E-state index in [0.717, 1.165) is 12.0 Å². The number of amides is 1. The summed E-state index contributed by atoms with van der Waals surface area (Å²) in [7, 11) is -2.17. The maximum atomic E-state index is 12.6. The first-order valence-corrected chi connectivity index (χ1v) is 11.7. The highest BCUT2D eigenvalue weighted by Gasteiger charge is 2.18. The average molecular weight is 449 g/mol. The molecule has 1 amide bonds. The zero-order valence-corrected chi connectivity index (χ0v) is 18.5. The monoisotopic (exact) mass is 448 g/mol. The molecular weight excluding hydrogens is 424 g/mol. The number of sulfonamides is 1. The van der Waals surface area contributed by atoms with Crippen molar-refractivity contribution in [1.82, 2.24) is 4.90 Å². The molecule has 1 aliphatic heterocycles. The van der Waals surface area contributed by atoms with Crippen molar-refractivity contribution >= 4 is 27.7 Å². The number of nitrogens with zero attached hydrogens (tertiary/aromatic N) is 1. The van der Waals surface area contributed by atoms with Crippen LogP contribution in [0.2, 0.25) is 0 Å². The lowest BCUT2D eigenvalue weighted by Crippen LogP contribution is -2.34. The lowest BCUT2D eigenvalue weighted by molar-refractivity contribution is -0.126. The van der Waals surface area contributed by atoms with E-state index in [1.165, 1.54) is 29.3 Å². The van der Waals surface area contributed by atoms with Gasteiger partial charge >= 0.3 is 0 Å². The van der Waals surface area contributed by atoms with E-state index >= 15 is 0 Å². The summed E-state index contributed by atoms with van der Waals surface area (Å²) < 4.78 is 32.9. The van der Waals surface area contributed by atoms with Crippen molar-refractivity contribution in [1.29, 1.82) is 0 Å². The number of benzene rings is 3. The number of nitrogens with one attached hydrogen (secondary N) is 1. The van der Waals surface area contributed by atoms with Crippen LogP contribution in [0.4, 0.5) is 5.69 Å². The molecule has 0 saturated heterocycles. The van der Waals surface area contributed by atoms with Crippen LogP contribution in [0.15, 0.2) is 83.8 Å². The van der Waals surface area contributed by atoms with Gasteiger partial charge in [0.1, 0.15) is 5.75 Å². The topological polar surface area (TPSA) is 75.7 Å². The number of rotatable bonds is 6. The van der Waals surface area contributed by atoms with Crippen LogP contribution in [0.5, 0.6) is 5.75 Å². The highest BCUT2D eigenvalue weighted by atomic mass is 32.2. The van der Waals surface area contributed by atoms with Crippen molar-refractivity contribution in [2.24, 2.45) is 0 Å². The Balaban J connectivity index is 1.39. The molecule has 164 valence electrons. The van der Waals surface area contributed by atoms with Crippen LogP contribution >= 0.6 is 0 Å². The Bertz CT molecular complexity index is 1230. The molecule has 0 aliphatic carbocycles. The van der Waals surface area contributed by atoms with Crippen molar-refractivity contribution in [3.05, 3.63) is 95.6 Å². The number of carbonyl (C=O) groups excluding carboxylic acids is 1. The van der Waals surface area contributed by atoms with Crippen LogP contribution in [0.1, 0.15) is 16.7 Å². The highest BCUT2D eigenvalue weighted by Crippen LogP contribution is 2.21. The smallest absolute Gasteiger partial charge is 0.261 e. The summed E-state index contributed by atoms with van der Waals surface area (Å²) in [6.45, 7) is 1.29. The van der Waals surface area contributed by atoms with Crippen LogP contribution in [-0.4, -0.2) is 32.9 Å². The number of anilines is 1. The summed E-state index contributed by atoms with van der Waals surface area (Å²) >= 11 is 0. The standard InChI is InChI=1S/C25H24N2O4S/c1-31-23-11-9-22(10-12-23)26-32(29,30)24-13-6-19(7-14-24)8-15-25(28)27-17-16-20-4-2-3-5-21(20)18-27/h2-15,26H,16-18H2,1H3/b15-8+. The fraction of sp³-hybridized carbons (Fsp3) is 0.160. The van der Waals surface area contributed by atoms with E-state index in [1.807, 2.05) is 17.0 Å². The molecule has 0 fully saturated rings. The molecule has 0 atom stereocenters. The molecule has 32 heavy (non-hydrogen) atoms. The first-order chi connectivity index (χ1) is 15.4. The van der Waals surface area contributed by atoms with Crippen LogP contribution < -0.4 is 9.46 Å². The van der Waals surface area contributed by atoms with E-state index in [1.54, 1.807) is 49.6 Å². The summed E-state index contributed by atoms with van der Waals surface area (Å²) in [5.41, 5.74) is 3.67. The lowest BCUT2D eigenvalue weighted by atomic mass is 10.00. The molecule has 0 spiro atoms. The molecule has 0 saturated carbocycles. The zero-order valence-electron chi connectivity index (χ0n) is 17.7. The highest BCUT2D eigenvalue weighted by molar-refractivity contribution is 7.92. The first-order valence-electron chi connectivity index (χ1n) is 10.3. The van der Waals surface area contributed by atoms with Crippen LogP contribution in [0.3, 0.4) is 0 Å². The molecule has 4 rings (SSSR count). The van der Waals surface area contributed by atoms with E-state index in [9.17, 15) is 13.2 Å². The van der Waals surface area contributed by atoms with Crippen molar-refractivity contribution < 1.29 is 17.9 Å². The van der Waals surface area contributed by atoms with Gasteiger partial charge in [0.15, 0.2) is 0 Å². The van der Waals surface area contributed by atoms with Crippen molar-refractivity contribution in [2.45, 2.75) is 17.9 Å². The number of ether oxygens (including phenoxy) is 1. The molecule has 0 unspecified atom stereocenters. The van der Waals surface area contributed by atoms with E-state index in [0.29, 0.717) is 24.5 Å². The van der Waals surface area contributed by atoms with Crippen molar-refractivity contribution in [3.8, 4) is 5.75 Å². The summed E-state index contributed by atoms with van der Waals surface area (Å²) in [4.78, 5) is 14.5. The minimum atomic E-state index is -3.72. The Kier molecular flexibility index (Phi) is 6.28. The van der Waals surface area contributed by atoms with E-state index in [-0.39, 0.29) is 10.8 Å².